The molecule has 0 saturated carbocycles. The molecule has 1 aromatic heterocycles. The van der Waals surface area contributed by atoms with Gasteiger partial charge in [0.15, 0.2) is 0 Å². The fourth-order valence-electron chi connectivity index (χ4n) is 0.784. The van der Waals surface area contributed by atoms with E-state index in [0.29, 0.717) is 24.1 Å². The molecule has 1 heterocycles. The van der Waals surface area contributed by atoms with Crippen molar-refractivity contribution in [1.29, 1.82) is 0 Å². The van der Waals surface area contributed by atoms with Gasteiger partial charge in [0.25, 0.3) is 5.22 Å². The van der Waals surface area contributed by atoms with Crippen LogP contribution in [-0.2, 0) is 11.2 Å². The maximum absolute atomic E-state index is 10.4. The highest BCUT2D eigenvalue weighted by molar-refractivity contribution is 7.99. The van der Waals surface area contributed by atoms with Gasteiger partial charge in [-0.15, -0.1) is 10.2 Å². The van der Waals surface area contributed by atoms with Gasteiger partial charge in [0.1, 0.15) is 0 Å². The summed E-state index contributed by atoms with van der Waals surface area (Å²) in [6, 6.07) is 0. The summed E-state index contributed by atoms with van der Waals surface area (Å²) < 4.78 is 5.21. The highest BCUT2D eigenvalue weighted by Crippen LogP contribution is 2.15. The first-order valence-corrected chi connectivity index (χ1v) is 5.14. The Morgan fingerprint density at radius 2 is 2.29 bits per heavy atom. The molecule has 0 bridgehead atoms. The number of aromatic nitrogens is 2. The van der Waals surface area contributed by atoms with Crippen LogP contribution in [0.2, 0.25) is 0 Å². The Labute approximate surface area is 85.4 Å². The van der Waals surface area contributed by atoms with Crippen molar-refractivity contribution in [2.45, 2.75) is 18.1 Å². The second-order valence-corrected chi connectivity index (χ2v) is 3.54. The summed E-state index contributed by atoms with van der Waals surface area (Å²) in [6.45, 7) is 0.589. The number of primary amides is 1. The third-order valence-electron chi connectivity index (χ3n) is 1.38. The summed E-state index contributed by atoms with van der Waals surface area (Å²) in [7, 11) is 0. The van der Waals surface area contributed by atoms with Crippen LogP contribution >= 0.6 is 11.8 Å². The minimum atomic E-state index is -0.406. The van der Waals surface area contributed by atoms with E-state index in [1.807, 2.05) is 0 Å². The quantitative estimate of drug-likeness (QED) is 0.623. The molecule has 0 aliphatic heterocycles. The van der Waals surface area contributed by atoms with Crippen molar-refractivity contribution >= 4 is 17.7 Å². The molecule has 1 amide bonds. The van der Waals surface area contributed by atoms with Crippen molar-refractivity contribution in [1.82, 2.24) is 10.2 Å². The van der Waals surface area contributed by atoms with E-state index < -0.39 is 5.91 Å². The number of nitrogens with two attached hydrogens (primary N) is 2. The summed E-state index contributed by atoms with van der Waals surface area (Å²) in [4.78, 5) is 10.4. The summed E-state index contributed by atoms with van der Waals surface area (Å²) >= 11 is 1.14. The third kappa shape index (κ3) is 3.75. The van der Waals surface area contributed by atoms with Gasteiger partial charge in [-0.1, -0.05) is 11.8 Å². The Balaban J connectivity index is 2.38. The van der Waals surface area contributed by atoms with Crippen molar-refractivity contribution < 1.29 is 9.21 Å². The molecule has 0 aromatic carbocycles. The predicted molar refractivity (Wildman–Crippen MR) is 51.6 cm³/mol. The van der Waals surface area contributed by atoms with Crippen LogP contribution < -0.4 is 11.5 Å². The number of nitrogens with zero attached hydrogens (tertiary/aromatic N) is 2. The molecule has 78 valence electrons. The van der Waals surface area contributed by atoms with Gasteiger partial charge in [-0.2, -0.15) is 0 Å². The first kappa shape index (κ1) is 11.0. The van der Waals surface area contributed by atoms with Crippen LogP contribution in [0.25, 0.3) is 0 Å². The third-order valence-corrected chi connectivity index (χ3v) is 2.22. The van der Waals surface area contributed by atoms with Crippen molar-refractivity contribution in [2.24, 2.45) is 11.5 Å². The topological polar surface area (TPSA) is 108 Å². The molecule has 0 aliphatic rings. The molecule has 0 spiro atoms. The molecule has 0 radical (unpaired) electrons. The van der Waals surface area contributed by atoms with E-state index in [1.54, 1.807) is 0 Å². The first-order chi connectivity index (χ1) is 6.72. The molecular formula is C7H12N4O2S. The highest BCUT2D eigenvalue weighted by Gasteiger charge is 2.07. The molecule has 0 saturated heterocycles. The number of aryl methyl sites for hydroxylation is 1. The summed E-state index contributed by atoms with van der Waals surface area (Å²) in [5.74, 6) is 0.289. The summed E-state index contributed by atoms with van der Waals surface area (Å²) in [5.41, 5.74) is 10.3. The minimum Gasteiger partial charge on any atom is -0.416 e. The number of carbonyl (C=O) groups excluding carboxylic acids is 1. The van der Waals surface area contributed by atoms with Crippen LogP contribution in [0.1, 0.15) is 12.3 Å². The lowest BCUT2D eigenvalue weighted by atomic mass is 10.3. The largest absolute Gasteiger partial charge is 0.416 e. The van der Waals surface area contributed by atoms with Crippen LogP contribution in [0.5, 0.6) is 0 Å². The molecule has 0 fully saturated rings. The number of amides is 1. The minimum absolute atomic E-state index is 0.151. The van der Waals surface area contributed by atoms with E-state index in [0.717, 1.165) is 18.2 Å². The number of thioether (sulfide) groups is 1. The van der Waals surface area contributed by atoms with Gasteiger partial charge in [-0.25, -0.2) is 0 Å². The fraction of sp³-hybridized carbons (Fsp3) is 0.571. The molecule has 4 N–H and O–H groups in total. The van der Waals surface area contributed by atoms with E-state index in [1.165, 1.54) is 0 Å². The Hall–Kier alpha value is -1.08. The van der Waals surface area contributed by atoms with Gasteiger partial charge < -0.3 is 15.9 Å². The van der Waals surface area contributed by atoms with E-state index in [-0.39, 0.29) is 5.75 Å². The van der Waals surface area contributed by atoms with Gasteiger partial charge in [-0.3, -0.25) is 4.79 Å². The smallest absolute Gasteiger partial charge is 0.277 e. The zero-order chi connectivity index (χ0) is 10.4. The Morgan fingerprint density at radius 1 is 1.50 bits per heavy atom. The lowest BCUT2D eigenvalue weighted by Crippen LogP contribution is -2.12. The molecule has 6 nitrogen and oxygen atoms in total. The van der Waals surface area contributed by atoms with E-state index >= 15 is 0 Å². The van der Waals surface area contributed by atoms with Crippen molar-refractivity contribution in [3.63, 3.8) is 0 Å². The lowest BCUT2D eigenvalue weighted by Gasteiger charge is -1.91. The van der Waals surface area contributed by atoms with E-state index in [4.69, 9.17) is 15.9 Å². The molecular weight excluding hydrogens is 204 g/mol. The number of rotatable bonds is 6. The average Bonchev–Trinajstić information content (AvgIpc) is 2.59. The number of hydrogen-bond acceptors (Lipinski definition) is 6. The molecule has 7 heteroatoms. The van der Waals surface area contributed by atoms with Gasteiger partial charge in [0.2, 0.25) is 11.8 Å². The van der Waals surface area contributed by atoms with Crippen LogP contribution in [-0.4, -0.2) is 28.4 Å². The fourth-order valence-corrected chi connectivity index (χ4v) is 1.30. The molecule has 0 aliphatic carbocycles. The highest BCUT2D eigenvalue weighted by atomic mass is 32.2. The molecule has 1 aromatic rings. The molecule has 14 heavy (non-hydrogen) atoms. The Morgan fingerprint density at radius 3 is 2.93 bits per heavy atom. The maximum Gasteiger partial charge on any atom is 0.277 e. The second kappa shape index (κ2) is 5.61. The van der Waals surface area contributed by atoms with Gasteiger partial charge >= 0.3 is 0 Å². The van der Waals surface area contributed by atoms with Crippen LogP contribution in [0.4, 0.5) is 0 Å². The number of hydrogen-bond donors (Lipinski definition) is 2. The molecule has 0 unspecified atom stereocenters. The predicted octanol–water partition coefficient (Wildman–Crippen LogP) is -0.462. The molecule has 1 rings (SSSR count). The van der Waals surface area contributed by atoms with Crippen molar-refractivity contribution in [3.05, 3.63) is 5.89 Å². The zero-order valence-corrected chi connectivity index (χ0v) is 8.42. The SMILES string of the molecule is NCCCc1nnc(SCC(N)=O)o1. The lowest BCUT2D eigenvalue weighted by molar-refractivity contribution is -0.115. The van der Waals surface area contributed by atoms with Gasteiger partial charge in [0.05, 0.1) is 5.75 Å². The van der Waals surface area contributed by atoms with E-state index in [2.05, 4.69) is 10.2 Å². The van der Waals surface area contributed by atoms with Crippen LogP contribution in [0.3, 0.4) is 0 Å². The monoisotopic (exact) mass is 216 g/mol. The van der Waals surface area contributed by atoms with E-state index in [9.17, 15) is 4.79 Å². The first-order valence-electron chi connectivity index (χ1n) is 4.16. The Kier molecular flexibility index (Phi) is 4.41. The standard InChI is InChI=1S/C7H12N4O2S/c8-3-1-2-6-10-11-7(13-6)14-4-5(9)12/h1-4,8H2,(H2,9,12). The Bertz CT molecular complexity index is 302. The van der Waals surface area contributed by atoms with Crippen LogP contribution in [0.15, 0.2) is 9.64 Å². The summed E-state index contributed by atoms with van der Waals surface area (Å²) in [5, 5.41) is 7.90. The van der Waals surface area contributed by atoms with Gasteiger partial charge in [0, 0.05) is 6.42 Å². The normalized spacial score (nSPS) is 10.4. The maximum atomic E-state index is 10.4. The zero-order valence-electron chi connectivity index (χ0n) is 7.60. The molecule has 0 atom stereocenters. The average molecular weight is 216 g/mol. The summed E-state index contributed by atoms with van der Waals surface area (Å²) in [6.07, 6.45) is 1.47. The van der Waals surface area contributed by atoms with Crippen molar-refractivity contribution in [3.8, 4) is 0 Å². The number of carbonyl (C=O) groups is 1. The van der Waals surface area contributed by atoms with Crippen molar-refractivity contribution in [2.75, 3.05) is 12.3 Å². The van der Waals surface area contributed by atoms with Crippen LogP contribution in [0, 0.1) is 0 Å². The van der Waals surface area contributed by atoms with Gasteiger partial charge in [-0.05, 0) is 13.0 Å². The second-order valence-electron chi connectivity index (χ2n) is 2.61.